The smallest absolute Gasteiger partial charge is 0.374 e. The molecule has 0 radical (unpaired) electrons. The summed E-state index contributed by atoms with van der Waals surface area (Å²) in [6.07, 6.45) is -4.84. The normalized spacial score (nSPS) is 11.7. The first-order chi connectivity index (χ1) is 8.35. The molecule has 0 saturated heterocycles. The van der Waals surface area contributed by atoms with Crippen molar-refractivity contribution in [1.82, 2.24) is 0 Å². The van der Waals surface area contributed by atoms with Gasteiger partial charge in [-0.1, -0.05) is 6.07 Å². The van der Waals surface area contributed by atoms with Gasteiger partial charge in [0, 0.05) is 24.8 Å². The fourth-order valence-electron chi connectivity index (χ4n) is 1.71. The molecule has 0 aromatic heterocycles. The third kappa shape index (κ3) is 4.18. The minimum atomic E-state index is -4.21. The Morgan fingerprint density at radius 1 is 1.28 bits per heavy atom. The molecule has 0 aliphatic heterocycles. The number of nitrogens with zero attached hydrogens (tertiary/aromatic N) is 1. The Bertz CT molecular complexity index is 390. The number of hydrogen-bond acceptors (Lipinski definition) is 2. The van der Waals surface area contributed by atoms with Crippen molar-refractivity contribution in [2.75, 3.05) is 25.0 Å². The fraction of sp³-hybridized carbons (Fsp3) is 0.500. The summed E-state index contributed by atoms with van der Waals surface area (Å²) in [6.45, 7) is 0.0472. The average Bonchev–Trinajstić information content (AvgIpc) is 2.28. The van der Waals surface area contributed by atoms with Gasteiger partial charge < -0.3 is 10.6 Å². The topological polar surface area (TPSA) is 29.3 Å². The first kappa shape index (κ1) is 14.8. The van der Waals surface area contributed by atoms with Gasteiger partial charge >= 0.3 is 6.18 Å². The maximum atomic E-state index is 13.6. The van der Waals surface area contributed by atoms with E-state index in [1.165, 1.54) is 24.1 Å². The van der Waals surface area contributed by atoms with Crippen molar-refractivity contribution in [3.63, 3.8) is 0 Å². The molecule has 2 nitrogen and oxygen atoms in total. The summed E-state index contributed by atoms with van der Waals surface area (Å²) in [5, 5.41) is 0. The van der Waals surface area contributed by atoms with Gasteiger partial charge in [0.1, 0.15) is 5.82 Å². The first-order valence-corrected chi connectivity index (χ1v) is 5.60. The molecule has 102 valence electrons. The van der Waals surface area contributed by atoms with E-state index in [9.17, 15) is 17.6 Å². The zero-order chi connectivity index (χ0) is 13.8. The molecule has 0 spiro atoms. The highest BCUT2D eigenvalue weighted by molar-refractivity contribution is 5.53. The van der Waals surface area contributed by atoms with E-state index in [0.29, 0.717) is 17.7 Å². The first-order valence-electron chi connectivity index (χ1n) is 5.60. The Labute approximate surface area is 103 Å². The summed E-state index contributed by atoms with van der Waals surface area (Å²) < 4.78 is 50.0. The Kier molecular flexibility index (Phi) is 4.95. The monoisotopic (exact) mass is 264 g/mol. The maximum Gasteiger partial charge on any atom is 0.390 e. The summed E-state index contributed by atoms with van der Waals surface area (Å²) >= 11 is 0. The second kappa shape index (κ2) is 6.04. The number of nitrogens with two attached hydrogens (primary N) is 1. The number of hydrogen-bond donors (Lipinski definition) is 1. The van der Waals surface area contributed by atoms with E-state index < -0.39 is 18.4 Å². The third-order valence-electron chi connectivity index (χ3n) is 2.63. The van der Waals surface area contributed by atoms with E-state index in [1.54, 1.807) is 6.07 Å². The Balaban J connectivity index is 2.84. The van der Waals surface area contributed by atoms with E-state index in [1.807, 2.05) is 0 Å². The van der Waals surface area contributed by atoms with Crippen LogP contribution in [0, 0.1) is 5.82 Å². The number of benzene rings is 1. The van der Waals surface area contributed by atoms with Gasteiger partial charge in [0.15, 0.2) is 0 Å². The van der Waals surface area contributed by atoms with Crippen LogP contribution in [0.25, 0.3) is 0 Å². The summed E-state index contributed by atoms with van der Waals surface area (Å²) in [5.41, 5.74) is 6.20. The van der Waals surface area contributed by atoms with Crippen LogP contribution in [0.5, 0.6) is 0 Å². The van der Waals surface area contributed by atoms with Crippen molar-refractivity contribution >= 4 is 5.69 Å². The van der Waals surface area contributed by atoms with Crippen LogP contribution in [0.4, 0.5) is 23.2 Å². The SMILES string of the molecule is CN(CCC(F)(F)F)c1cccc(F)c1CCN. The second-order valence-corrected chi connectivity index (χ2v) is 4.06. The lowest BCUT2D eigenvalue weighted by Gasteiger charge is -2.23. The van der Waals surface area contributed by atoms with Crippen molar-refractivity contribution in [3.05, 3.63) is 29.6 Å². The lowest BCUT2D eigenvalue weighted by Crippen LogP contribution is -2.25. The van der Waals surface area contributed by atoms with Crippen molar-refractivity contribution in [3.8, 4) is 0 Å². The molecule has 0 saturated carbocycles. The van der Waals surface area contributed by atoms with Crippen LogP contribution < -0.4 is 10.6 Å². The molecule has 0 aliphatic carbocycles. The molecule has 0 heterocycles. The molecule has 0 aliphatic rings. The lowest BCUT2D eigenvalue weighted by molar-refractivity contribution is -0.132. The third-order valence-corrected chi connectivity index (χ3v) is 2.63. The van der Waals surface area contributed by atoms with Crippen LogP contribution in [0.1, 0.15) is 12.0 Å². The summed E-state index contributed by atoms with van der Waals surface area (Å²) in [7, 11) is 1.51. The van der Waals surface area contributed by atoms with Crippen molar-refractivity contribution in [2.45, 2.75) is 19.0 Å². The zero-order valence-corrected chi connectivity index (χ0v) is 10.1. The summed E-state index contributed by atoms with van der Waals surface area (Å²) in [6, 6.07) is 4.37. The predicted octanol–water partition coefficient (Wildman–Crippen LogP) is 2.72. The Morgan fingerprint density at radius 2 is 1.94 bits per heavy atom. The molecule has 1 aromatic carbocycles. The molecule has 0 unspecified atom stereocenters. The van der Waals surface area contributed by atoms with Crippen LogP contribution in [0.15, 0.2) is 18.2 Å². The van der Waals surface area contributed by atoms with Crippen LogP contribution in [0.3, 0.4) is 0 Å². The highest BCUT2D eigenvalue weighted by Gasteiger charge is 2.27. The second-order valence-electron chi connectivity index (χ2n) is 4.06. The minimum Gasteiger partial charge on any atom is -0.374 e. The molecule has 1 aromatic rings. The maximum absolute atomic E-state index is 13.6. The molecule has 1 rings (SSSR count). The standard InChI is InChI=1S/C12H16F4N2/c1-18(8-6-12(14,15)16)11-4-2-3-10(13)9(11)5-7-17/h2-4H,5-8,17H2,1H3. The highest BCUT2D eigenvalue weighted by atomic mass is 19.4. The Hall–Kier alpha value is -1.30. The molecule has 6 heteroatoms. The number of alkyl halides is 3. The van der Waals surface area contributed by atoms with Gasteiger partial charge in [-0.15, -0.1) is 0 Å². The van der Waals surface area contributed by atoms with E-state index in [-0.39, 0.29) is 13.1 Å². The lowest BCUT2D eigenvalue weighted by atomic mass is 10.1. The van der Waals surface area contributed by atoms with Gasteiger partial charge in [-0.25, -0.2) is 4.39 Å². The molecular formula is C12H16F4N2. The van der Waals surface area contributed by atoms with E-state index in [0.717, 1.165) is 0 Å². The number of halogens is 4. The van der Waals surface area contributed by atoms with Gasteiger partial charge in [0.25, 0.3) is 0 Å². The summed E-state index contributed by atoms with van der Waals surface area (Å²) in [5.74, 6) is -0.434. The minimum absolute atomic E-state index is 0.204. The molecule has 0 fully saturated rings. The fourth-order valence-corrected chi connectivity index (χ4v) is 1.71. The highest BCUT2D eigenvalue weighted by Crippen LogP contribution is 2.25. The average molecular weight is 264 g/mol. The molecule has 0 amide bonds. The van der Waals surface area contributed by atoms with Crippen LogP contribution in [-0.4, -0.2) is 26.3 Å². The van der Waals surface area contributed by atoms with Crippen molar-refractivity contribution in [1.29, 1.82) is 0 Å². The van der Waals surface area contributed by atoms with Gasteiger partial charge in [-0.3, -0.25) is 0 Å². The van der Waals surface area contributed by atoms with Gasteiger partial charge in [0.2, 0.25) is 0 Å². The largest absolute Gasteiger partial charge is 0.390 e. The van der Waals surface area contributed by atoms with E-state index >= 15 is 0 Å². The Morgan fingerprint density at radius 3 is 2.50 bits per heavy atom. The molecular weight excluding hydrogens is 248 g/mol. The summed E-state index contributed by atoms with van der Waals surface area (Å²) in [4.78, 5) is 1.40. The molecule has 18 heavy (non-hydrogen) atoms. The molecule has 0 atom stereocenters. The molecule has 0 bridgehead atoms. The number of rotatable bonds is 5. The van der Waals surface area contributed by atoms with Gasteiger partial charge in [-0.05, 0) is 25.1 Å². The van der Waals surface area contributed by atoms with Crippen molar-refractivity contribution < 1.29 is 17.6 Å². The quantitative estimate of drug-likeness (QED) is 0.828. The molecule has 2 N–H and O–H groups in total. The van der Waals surface area contributed by atoms with E-state index in [2.05, 4.69) is 0 Å². The van der Waals surface area contributed by atoms with Crippen molar-refractivity contribution in [2.24, 2.45) is 5.73 Å². The van der Waals surface area contributed by atoms with Gasteiger partial charge in [-0.2, -0.15) is 13.2 Å². The van der Waals surface area contributed by atoms with Gasteiger partial charge in [0.05, 0.1) is 6.42 Å². The van der Waals surface area contributed by atoms with Crippen LogP contribution >= 0.6 is 0 Å². The number of anilines is 1. The zero-order valence-electron chi connectivity index (χ0n) is 10.1. The van der Waals surface area contributed by atoms with E-state index in [4.69, 9.17) is 5.73 Å². The van der Waals surface area contributed by atoms with Crippen LogP contribution in [-0.2, 0) is 6.42 Å². The van der Waals surface area contributed by atoms with Crippen LogP contribution in [0.2, 0.25) is 0 Å². The predicted molar refractivity (Wildman–Crippen MR) is 63.1 cm³/mol.